The Labute approximate surface area is 98.5 Å². The monoisotopic (exact) mass is 263 g/mol. The summed E-state index contributed by atoms with van der Waals surface area (Å²) in [5.41, 5.74) is 12.1. The van der Waals surface area contributed by atoms with Crippen molar-refractivity contribution in [1.82, 2.24) is 0 Å². The zero-order valence-corrected chi connectivity index (χ0v) is 10.2. The molecule has 0 saturated carbocycles. The van der Waals surface area contributed by atoms with E-state index in [-0.39, 0.29) is 0 Å². The Balaban J connectivity index is 2.14. The third-order valence-electron chi connectivity index (χ3n) is 3.59. The quantitative estimate of drug-likeness (QED) is 0.764. The molecular weight excluding hydrogens is 250 g/mol. The van der Waals surface area contributed by atoms with Crippen molar-refractivity contribution in [3.63, 3.8) is 0 Å². The molecule has 0 aliphatic heterocycles. The highest BCUT2D eigenvalue weighted by molar-refractivity contribution is 9.10. The van der Waals surface area contributed by atoms with Crippen LogP contribution in [0.25, 0.3) is 5.57 Å². The van der Waals surface area contributed by atoms with Crippen LogP contribution in [0, 0.1) is 0 Å². The maximum Gasteiger partial charge on any atom is 0.0263 e. The Morgan fingerprint density at radius 3 is 3.07 bits per heavy atom. The van der Waals surface area contributed by atoms with Gasteiger partial charge in [0.15, 0.2) is 0 Å². The third-order valence-corrected chi connectivity index (χ3v) is 4.33. The van der Waals surface area contributed by atoms with E-state index in [0.29, 0.717) is 6.04 Å². The fourth-order valence-electron chi connectivity index (χ4n) is 2.81. The molecule has 3 rings (SSSR count). The van der Waals surface area contributed by atoms with Crippen LogP contribution < -0.4 is 5.73 Å². The molecule has 1 nitrogen and oxygen atoms in total. The van der Waals surface area contributed by atoms with Crippen LogP contribution in [0.5, 0.6) is 0 Å². The van der Waals surface area contributed by atoms with E-state index >= 15 is 0 Å². The molecule has 0 spiro atoms. The standard InChI is InChI=1S/C13H14BrN/c14-12-5-1-3-8-9-4-2-6-13(15)11(9)7-10(8)12/h1,3,5,13H,2,4,6-7,15H2. The van der Waals surface area contributed by atoms with Gasteiger partial charge >= 0.3 is 0 Å². The second-order valence-corrected chi connectivity index (χ2v) is 5.30. The van der Waals surface area contributed by atoms with Gasteiger partial charge in [-0.2, -0.15) is 0 Å². The summed E-state index contributed by atoms with van der Waals surface area (Å²) in [5, 5.41) is 0. The van der Waals surface area contributed by atoms with Crippen LogP contribution in [0.3, 0.4) is 0 Å². The summed E-state index contributed by atoms with van der Waals surface area (Å²) in [5.74, 6) is 0. The van der Waals surface area contributed by atoms with E-state index in [4.69, 9.17) is 5.73 Å². The van der Waals surface area contributed by atoms with Crippen molar-refractivity contribution in [1.29, 1.82) is 0 Å². The highest BCUT2D eigenvalue weighted by Gasteiger charge is 2.28. The Morgan fingerprint density at radius 2 is 2.20 bits per heavy atom. The van der Waals surface area contributed by atoms with E-state index in [1.807, 2.05) is 0 Å². The molecule has 0 bridgehead atoms. The van der Waals surface area contributed by atoms with Crippen LogP contribution >= 0.6 is 15.9 Å². The van der Waals surface area contributed by atoms with Gasteiger partial charge in [0.05, 0.1) is 0 Å². The zero-order valence-electron chi connectivity index (χ0n) is 8.59. The van der Waals surface area contributed by atoms with Crippen molar-refractivity contribution < 1.29 is 0 Å². The van der Waals surface area contributed by atoms with Crippen molar-refractivity contribution in [2.75, 3.05) is 0 Å². The summed E-state index contributed by atoms with van der Waals surface area (Å²) in [6.07, 6.45) is 4.68. The molecule has 1 unspecified atom stereocenters. The minimum Gasteiger partial charge on any atom is -0.324 e. The van der Waals surface area contributed by atoms with Crippen LogP contribution in [0.2, 0.25) is 0 Å². The number of nitrogens with two attached hydrogens (primary N) is 1. The molecule has 0 saturated heterocycles. The summed E-state index contributed by atoms with van der Waals surface area (Å²) < 4.78 is 1.24. The summed E-state index contributed by atoms with van der Waals surface area (Å²) in [7, 11) is 0. The Morgan fingerprint density at radius 1 is 1.33 bits per heavy atom. The molecule has 15 heavy (non-hydrogen) atoms. The second kappa shape index (κ2) is 3.46. The van der Waals surface area contributed by atoms with Gasteiger partial charge in [-0.05, 0) is 54.0 Å². The summed E-state index contributed by atoms with van der Waals surface area (Å²) in [4.78, 5) is 0. The molecule has 2 heteroatoms. The number of rotatable bonds is 0. The lowest BCUT2D eigenvalue weighted by Crippen LogP contribution is -2.25. The molecule has 78 valence electrons. The predicted octanol–water partition coefficient (Wildman–Crippen LogP) is 3.27. The second-order valence-electron chi connectivity index (χ2n) is 4.45. The topological polar surface area (TPSA) is 26.0 Å². The molecule has 0 aromatic heterocycles. The van der Waals surface area contributed by atoms with E-state index in [1.54, 1.807) is 0 Å². The Bertz CT molecular complexity index is 448. The lowest BCUT2D eigenvalue weighted by atomic mass is 9.88. The van der Waals surface area contributed by atoms with Gasteiger partial charge < -0.3 is 5.73 Å². The lowest BCUT2D eigenvalue weighted by Gasteiger charge is -2.21. The normalized spacial score (nSPS) is 24.0. The van der Waals surface area contributed by atoms with Crippen molar-refractivity contribution in [3.8, 4) is 0 Å². The lowest BCUT2D eigenvalue weighted by molar-refractivity contribution is 0.620. The van der Waals surface area contributed by atoms with Gasteiger partial charge in [0.25, 0.3) is 0 Å². The highest BCUT2D eigenvalue weighted by Crippen LogP contribution is 2.43. The molecule has 1 aromatic rings. The summed E-state index contributed by atoms with van der Waals surface area (Å²) in [6.45, 7) is 0. The van der Waals surface area contributed by atoms with Gasteiger partial charge in [0, 0.05) is 10.5 Å². The van der Waals surface area contributed by atoms with Crippen molar-refractivity contribution in [3.05, 3.63) is 39.4 Å². The Kier molecular flexibility index (Phi) is 2.22. The van der Waals surface area contributed by atoms with E-state index in [9.17, 15) is 0 Å². The molecule has 0 radical (unpaired) electrons. The first-order valence-electron chi connectivity index (χ1n) is 5.52. The SMILES string of the molecule is NC1CCCC2=C1Cc1c(Br)cccc12. The van der Waals surface area contributed by atoms with E-state index in [1.165, 1.54) is 39.6 Å². The first kappa shape index (κ1) is 9.61. The number of fused-ring (bicyclic) bond motifs is 2. The van der Waals surface area contributed by atoms with Crippen LogP contribution in [-0.4, -0.2) is 6.04 Å². The zero-order chi connectivity index (χ0) is 10.4. The summed E-state index contributed by atoms with van der Waals surface area (Å²) in [6, 6.07) is 6.79. The predicted molar refractivity (Wildman–Crippen MR) is 66.6 cm³/mol. The van der Waals surface area contributed by atoms with Gasteiger partial charge in [-0.15, -0.1) is 0 Å². The minimum absolute atomic E-state index is 0.299. The largest absolute Gasteiger partial charge is 0.324 e. The van der Waals surface area contributed by atoms with E-state index in [2.05, 4.69) is 34.1 Å². The molecule has 2 aliphatic rings. The Hall–Kier alpha value is -0.600. The molecule has 2 N–H and O–H groups in total. The number of hydrogen-bond acceptors (Lipinski definition) is 1. The molecular formula is C13H14BrN. The van der Waals surface area contributed by atoms with E-state index < -0.39 is 0 Å². The molecule has 1 aromatic carbocycles. The van der Waals surface area contributed by atoms with Crippen molar-refractivity contribution >= 4 is 21.5 Å². The van der Waals surface area contributed by atoms with Gasteiger partial charge in [0.1, 0.15) is 0 Å². The highest BCUT2D eigenvalue weighted by atomic mass is 79.9. The molecule has 2 aliphatic carbocycles. The van der Waals surface area contributed by atoms with Gasteiger partial charge in [-0.3, -0.25) is 0 Å². The molecule has 1 atom stereocenters. The maximum atomic E-state index is 6.18. The number of benzene rings is 1. The maximum absolute atomic E-state index is 6.18. The van der Waals surface area contributed by atoms with Crippen molar-refractivity contribution in [2.45, 2.75) is 31.7 Å². The first-order valence-corrected chi connectivity index (χ1v) is 6.32. The van der Waals surface area contributed by atoms with Crippen LogP contribution in [-0.2, 0) is 6.42 Å². The van der Waals surface area contributed by atoms with Crippen molar-refractivity contribution in [2.24, 2.45) is 5.73 Å². The number of hydrogen-bond donors (Lipinski definition) is 1. The fraction of sp³-hybridized carbons (Fsp3) is 0.385. The average Bonchev–Trinajstić information content (AvgIpc) is 2.60. The van der Waals surface area contributed by atoms with Gasteiger partial charge in [-0.1, -0.05) is 28.1 Å². The fourth-order valence-corrected chi connectivity index (χ4v) is 3.32. The first-order chi connectivity index (χ1) is 7.27. The van der Waals surface area contributed by atoms with Crippen LogP contribution in [0.4, 0.5) is 0 Å². The van der Waals surface area contributed by atoms with E-state index in [0.717, 1.165) is 12.8 Å². The average molecular weight is 264 g/mol. The van der Waals surface area contributed by atoms with Crippen LogP contribution in [0.15, 0.2) is 28.2 Å². The number of halogens is 1. The third kappa shape index (κ3) is 1.39. The smallest absolute Gasteiger partial charge is 0.0263 e. The van der Waals surface area contributed by atoms with Gasteiger partial charge in [-0.25, -0.2) is 0 Å². The van der Waals surface area contributed by atoms with Crippen LogP contribution in [0.1, 0.15) is 30.4 Å². The van der Waals surface area contributed by atoms with Gasteiger partial charge in [0.2, 0.25) is 0 Å². The summed E-state index contributed by atoms with van der Waals surface area (Å²) >= 11 is 3.63. The molecule has 0 fully saturated rings. The molecule has 0 heterocycles. The minimum atomic E-state index is 0.299. The number of allylic oxidation sites excluding steroid dienone is 1. The molecule has 0 amide bonds.